The molecule has 11 heteroatoms. The van der Waals surface area contributed by atoms with Crippen LogP contribution in [-0.2, 0) is 13.6 Å². The molecule has 7 nitrogen and oxygen atoms in total. The third-order valence-corrected chi connectivity index (χ3v) is 9.79. The van der Waals surface area contributed by atoms with Crippen LogP contribution in [0.1, 0.15) is 36.1 Å². The first-order valence-corrected chi connectivity index (χ1v) is 14.8. The first kappa shape index (κ1) is 28.0. The molecule has 0 saturated heterocycles. The number of alkyl halides is 1. The summed E-state index contributed by atoms with van der Waals surface area (Å²) in [5, 5.41) is 5.33. The summed E-state index contributed by atoms with van der Waals surface area (Å²) in [6.45, 7) is 4.33. The van der Waals surface area contributed by atoms with E-state index in [0.717, 1.165) is 16.9 Å². The summed E-state index contributed by atoms with van der Waals surface area (Å²) >= 11 is 14.8. The van der Waals surface area contributed by atoms with Gasteiger partial charge in [-0.15, -0.1) is 0 Å². The SMILES string of the molecule is CCOc1ccc(C2CC(C(I)(NS(=O)(=O)c3cc(C)ccc3OC)c3ccc(Cl)cc3Cl)=NN2)cc1. The van der Waals surface area contributed by atoms with Crippen molar-refractivity contribution in [2.75, 3.05) is 13.7 Å². The largest absolute Gasteiger partial charge is 0.495 e. The van der Waals surface area contributed by atoms with Crippen LogP contribution < -0.4 is 19.6 Å². The van der Waals surface area contributed by atoms with Gasteiger partial charge in [0.1, 0.15) is 16.4 Å². The first-order chi connectivity index (χ1) is 17.6. The molecule has 0 bridgehead atoms. The van der Waals surface area contributed by atoms with Crippen LogP contribution in [0.5, 0.6) is 11.5 Å². The predicted octanol–water partition coefficient (Wildman–Crippen LogP) is 6.37. The minimum absolute atomic E-state index is 0.0238. The molecule has 0 radical (unpaired) electrons. The van der Waals surface area contributed by atoms with Gasteiger partial charge in [0.2, 0.25) is 10.0 Å². The molecule has 0 spiro atoms. The van der Waals surface area contributed by atoms with Gasteiger partial charge in [0.25, 0.3) is 0 Å². The van der Waals surface area contributed by atoms with Crippen molar-refractivity contribution in [3.63, 3.8) is 0 Å². The lowest BCUT2D eigenvalue weighted by Gasteiger charge is -2.30. The molecule has 0 amide bonds. The Hall–Kier alpha value is -2.05. The third-order valence-electron chi connectivity index (χ3n) is 5.93. The zero-order chi connectivity index (χ0) is 26.8. The normalized spacial score (nSPS) is 17.0. The maximum Gasteiger partial charge on any atom is 0.246 e. The van der Waals surface area contributed by atoms with Gasteiger partial charge in [0, 0.05) is 22.0 Å². The fraction of sp³-hybridized carbons (Fsp3) is 0.269. The van der Waals surface area contributed by atoms with Gasteiger partial charge in [-0.3, -0.25) is 0 Å². The molecular formula is C26H26Cl2IN3O4S. The lowest BCUT2D eigenvalue weighted by molar-refractivity contribution is 0.340. The number of nitrogens with one attached hydrogen (secondary N) is 2. The van der Waals surface area contributed by atoms with Crippen LogP contribution in [0.4, 0.5) is 0 Å². The van der Waals surface area contributed by atoms with Gasteiger partial charge >= 0.3 is 0 Å². The molecule has 1 aliphatic heterocycles. The molecule has 2 atom stereocenters. The molecule has 2 N–H and O–H groups in total. The standard InChI is InChI=1S/C26H26Cl2IN3O4S/c1-4-36-19-9-6-17(7-10-19)22-15-25(31-30-22)26(29,20-11-8-18(27)14-21(20)28)32-37(33,34)24-13-16(2)5-12-23(24)35-3/h5-14,22,30,32H,4,15H2,1-3H3. The zero-order valence-corrected chi connectivity index (χ0v) is 24.9. The monoisotopic (exact) mass is 673 g/mol. The van der Waals surface area contributed by atoms with Gasteiger partial charge in [-0.2, -0.15) is 9.82 Å². The Kier molecular flexibility index (Phi) is 8.59. The van der Waals surface area contributed by atoms with Gasteiger partial charge in [0.05, 0.1) is 25.5 Å². The van der Waals surface area contributed by atoms with E-state index in [9.17, 15) is 8.42 Å². The molecule has 0 saturated carbocycles. The fourth-order valence-corrected chi connectivity index (χ4v) is 7.94. The molecule has 1 heterocycles. The number of hydrogen-bond donors (Lipinski definition) is 2. The highest BCUT2D eigenvalue weighted by atomic mass is 127. The number of rotatable bonds is 9. The van der Waals surface area contributed by atoms with Crippen molar-refractivity contribution in [2.45, 2.75) is 34.8 Å². The summed E-state index contributed by atoms with van der Waals surface area (Å²) in [6, 6.07) is 17.5. The molecule has 3 aromatic rings. The number of aryl methyl sites for hydroxylation is 1. The summed E-state index contributed by atoms with van der Waals surface area (Å²) < 4.78 is 40.0. The van der Waals surface area contributed by atoms with Crippen LogP contribution in [0.15, 0.2) is 70.7 Å². The van der Waals surface area contributed by atoms with Crippen LogP contribution in [0, 0.1) is 6.92 Å². The fourth-order valence-electron chi connectivity index (χ4n) is 4.09. The van der Waals surface area contributed by atoms with Crippen molar-refractivity contribution in [2.24, 2.45) is 5.10 Å². The number of benzene rings is 3. The topological polar surface area (TPSA) is 89.0 Å². The minimum atomic E-state index is -4.09. The number of methoxy groups -OCH3 is 1. The lowest BCUT2D eigenvalue weighted by atomic mass is 9.96. The van der Waals surface area contributed by atoms with Crippen molar-refractivity contribution < 1.29 is 17.9 Å². The number of ether oxygens (including phenoxy) is 2. The van der Waals surface area contributed by atoms with Crippen molar-refractivity contribution in [3.8, 4) is 11.5 Å². The first-order valence-electron chi connectivity index (χ1n) is 11.5. The Labute approximate surface area is 240 Å². The second-order valence-electron chi connectivity index (χ2n) is 8.49. The van der Waals surface area contributed by atoms with Crippen molar-refractivity contribution in [1.29, 1.82) is 0 Å². The highest BCUT2D eigenvalue weighted by Crippen LogP contribution is 2.42. The Balaban J connectivity index is 1.73. The zero-order valence-electron chi connectivity index (χ0n) is 20.4. The van der Waals surface area contributed by atoms with E-state index < -0.39 is 13.6 Å². The lowest BCUT2D eigenvalue weighted by Crippen LogP contribution is -2.47. The maximum atomic E-state index is 13.8. The van der Waals surface area contributed by atoms with E-state index in [0.29, 0.717) is 34.3 Å². The third kappa shape index (κ3) is 6.01. The van der Waals surface area contributed by atoms with Gasteiger partial charge < -0.3 is 14.9 Å². The minimum Gasteiger partial charge on any atom is -0.495 e. The van der Waals surface area contributed by atoms with Crippen LogP contribution in [0.25, 0.3) is 0 Å². The summed E-state index contributed by atoms with van der Waals surface area (Å²) in [4.78, 5) is 0.0238. The number of nitrogens with zero attached hydrogens (tertiary/aromatic N) is 1. The summed E-state index contributed by atoms with van der Waals surface area (Å²) in [7, 11) is -2.66. The van der Waals surface area contributed by atoms with Crippen molar-refractivity contribution in [1.82, 2.24) is 10.1 Å². The van der Waals surface area contributed by atoms with E-state index in [1.165, 1.54) is 7.11 Å². The quantitative estimate of drug-likeness (QED) is 0.157. The molecule has 2 unspecified atom stereocenters. The molecule has 4 rings (SSSR count). The smallest absolute Gasteiger partial charge is 0.246 e. The Bertz CT molecular complexity index is 1430. The van der Waals surface area contributed by atoms with Gasteiger partial charge in [0.15, 0.2) is 3.55 Å². The second kappa shape index (κ2) is 11.4. The predicted molar refractivity (Wildman–Crippen MR) is 156 cm³/mol. The summed E-state index contributed by atoms with van der Waals surface area (Å²) in [5.74, 6) is 1.01. The van der Waals surface area contributed by atoms with E-state index in [1.54, 1.807) is 36.4 Å². The number of halogens is 3. The second-order valence-corrected chi connectivity index (χ2v) is 12.6. The summed E-state index contributed by atoms with van der Waals surface area (Å²) in [5.41, 5.74) is 6.00. The molecule has 0 fully saturated rings. The van der Waals surface area contributed by atoms with Crippen molar-refractivity contribution in [3.05, 3.63) is 87.4 Å². The van der Waals surface area contributed by atoms with E-state index >= 15 is 0 Å². The van der Waals surface area contributed by atoms with Gasteiger partial charge in [-0.05, 0) is 84.0 Å². The maximum absolute atomic E-state index is 13.8. The molecule has 0 aliphatic carbocycles. The van der Waals surface area contributed by atoms with Crippen molar-refractivity contribution >= 4 is 61.5 Å². The Morgan fingerprint density at radius 3 is 2.51 bits per heavy atom. The molecule has 0 aromatic heterocycles. The average molecular weight is 674 g/mol. The Morgan fingerprint density at radius 1 is 1.14 bits per heavy atom. The van der Waals surface area contributed by atoms with Gasteiger partial charge in [-0.1, -0.05) is 47.5 Å². The molecule has 3 aromatic carbocycles. The van der Waals surface area contributed by atoms with Crippen LogP contribution in [0.3, 0.4) is 0 Å². The number of hydrazone groups is 1. The number of sulfonamides is 1. The highest BCUT2D eigenvalue weighted by Gasteiger charge is 2.44. The molecule has 37 heavy (non-hydrogen) atoms. The number of hydrogen-bond acceptors (Lipinski definition) is 6. The Morgan fingerprint density at radius 2 is 1.86 bits per heavy atom. The molecular weight excluding hydrogens is 648 g/mol. The average Bonchev–Trinajstić information content (AvgIpc) is 3.35. The van der Waals surface area contributed by atoms with Gasteiger partial charge in [-0.25, -0.2) is 8.42 Å². The van der Waals surface area contributed by atoms with E-state index in [1.807, 2.05) is 38.1 Å². The molecule has 196 valence electrons. The van der Waals surface area contributed by atoms with E-state index in [4.69, 9.17) is 32.7 Å². The van der Waals surface area contributed by atoms with Crippen LogP contribution in [0.2, 0.25) is 10.0 Å². The van der Waals surface area contributed by atoms with Crippen LogP contribution >= 0.6 is 45.8 Å². The highest BCUT2D eigenvalue weighted by molar-refractivity contribution is 14.1. The van der Waals surface area contributed by atoms with Crippen LogP contribution in [-0.4, -0.2) is 27.8 Å². The van der Waals surface area contributed by atoms with E-state index in [-0.39, 0.29) is 16.7 Å². The molecule has 1 aliphatic rings. The summed E-state index contributed by atoms with van der Waals surface area (Å²) in [6.07, 6.45) is 0.434. The van der Waals surface area contributed by atoms with E-state index in [2.05, 4.69) is 37.8 Å².